The maximum Gasteiger partial charge on any atom is 0.236 e. The molecule has 17 heavy (non-hydrogen) atoms. The Morgan fingerprint density at radius 2 is 2.00 bits per heavy atom. The zero-order valence-electron chi connectivity index (χ0n) is 11.0. The van der Waals surface area contributed by atoms with Gasteiger partial charge in [0.2, 0.25) is 5.91 Å². The van der Waals surface area contributed by atoms with Gasteiger partial charge >= 0.3 is 0 Å². The molecule has 0 aliphatic rings. The Morgan fingerprint density at radius 3 is 2.41 bits per heavy atom. The first-order valence-corrected chi connectivity index (χ1v) is 5.93. The van der Waals surface area contributed by atoms with Crippen molar-refractivity contribution in [3.05, 3.63) is 0 Å². The van der Waals surface area contributed by atoms with Crippen molar-refractivity contribution >= 4 is 11.7 Å². The molecule has 0 radical (unpaired) electrons. The lowest BCUT2D eigenvalue weighted by Gasteiger charge is -2.21. The summed E-state index contributed by atoms with van der Waals surface area (Å²) in [7, 11) is 0. The molecule has 2 atom stereocenters. The van der Waals surface area contributed by atoms with Crippen LogP contribution in [-0.4, -0.2) is 35.6 Å². The van der Waals surface area contributed by atoms with E-state index in [1.165, 1.54) is 0 Å². The number of nitrogens with two attached hydrogens (primary N) is 1. The number of amides is 1. The van der Waals surface area contributed by atoms with Crippen LogP contribution in [0.2, 0.25) is 0 Å². The molecule has 0 aromatic heterocycles. The van der Waals surface area contributed by atoms with E-state index >= 15 is 0 Å². The van der Waals surface area contributed by atoms with Crippen LogP contribution in [0.3, 0.4) is 0 Å². The van der Waals surface area contributed by atoms with Crippen molar-refractivity contribution in [2.75, 3.05) is 6.54 Å². The number of nitrogens with one attached hydrogen (secondary N) is 2. The monoisotopic (exact) mass is 244 g/mol. The molecule has 0 rings (SSSR count). The molecule has 1 amide bonds. The number of hydrogen-bond acceptors (Lipinski definition) is 4. The second kappa shape index (κ2) is 7.89. The first kappa shape index (κ1) is 15.7. The van der Waals surface area contributed by atoms with E-state index in [1.54, 1.807) is 6.92 Å². The van der Waals surface area contributed by atoms with E-state index < -0.39 is 0 Å². The molecule has 0 aromatic carbocycles. The van der Waals surface area contributed by atoms with Crippen LogP contribution < -0.4 is 16.4 Å². The standard InChI is InChI=1S/C11H24N4O2/c1-5-9(10(12)15-17)14-8(4)11(16)13-6-7(2)3/h7-9,14,17H,5-6H2,1-4H3,(H2,12,15)(H,13,16). The topological polar surface area (TPSA) is 99.7 Å². The largest absolute Gasteiger partial charge is 0.409 e. The van der Waals surface area contributed by atoms with Crippen LogP contribution in [0.5, 0.6) is 0 Å². The van der Waals surface area contributed by atoms with Crippen LogP contribution in [0, 0.1) is 5.92 Å². The molecule has 0 bridgehead atoms. The van der Waals surface area contributed by atoms with E-state index in [0.717, 1.165) is 0 Å². The molecule has 0 aromatic rings. The number of carbonyl (C=O) groups is 1. The Morgan fingerprint density at radius 1 is 1.41 bits per heavy atom. The van der Waals surface area contributed by atoms with Gasteiger partial charge in [-0.05, 0) is 19.3 Å². The Labute approximate surface area is 103 Å². The third kappa shape index (κ3) is 6.11. The molecule has 5 N–H and O–H groups in total. The van der Waals surface area contributed by atoms with Gasteiger partial charge in [0.05, 0.1) is 12.1 Å². The van der Waals surface area contributed by atoms with E-state index in [2.05, 4.69) is 15.8 Å². The molecular formula is C11H24N4O2. The van der Waals surface area contributed by atoms with Gasteiger partial charge in [0, 0.05) is 6.54 Å². The maximum atomic E-state index is 11.7. The fraction of sp³-hybridized carbons (Fsp3) is 0.818. The molecule has 0 fully saturated rings. The van der Waals surface area contributed by atoms with Gasteiger partial charge in [-0.2, -0.15) is 0 Å². The number of amidine groups is 1. The average Bonchev–Trinajstić information content (AvgIpc) is 2.31. The Bertz CT molecular complexity index is 266. The van der Waals surface area contributed by atoms with E-state index in [1.807, 2.05) is 20.8 Å². The third-order valence-electron chi connectivity index (χ3n) is 2.41. The number of rotatable bonds is 7. The molecule has 0 spiro atoms. The van der Waals surface area contributed by atoms with Gasteiger partial charge in [0.25, 0.3) is 0 Å². The molecular weight excluding hydrogens is 220 g/mol. The molecule has 0 saturated carbocycles. The lowest BCUT2D eigenvalue weighted by atomic mass is 10.1. The predicted octanol–water partition coefficient (Wildman–Crippen LogP) is 0.262. The van der Waals surface area contributed by atoms with Gasteiger partial charge in [-0.15, -0.1) is 0 Å². The average molecular weight is 244 g/mol. The Hall–Kier alpha value is -1.30. The van der Waals surface area contributed by atoms with E-state index in [4.69, 9.17) is 10.9 Å². The summed E-state index contributed by atoms with van der Waals surface area (Å²) >= 11 is 0. The normalized spacial score (nSPS) is 15.7. The van der Waals surface area contributed by atoms with E-state index in [0.29, 0.717) is 18.9 Å². The SMILES string of the molecule is CCC(NC(C)C(=O)NCC(C)C)C(N)=NO. The Balaban J connectivity index is 4.22. The quantitative estimate of drug-likeness (QED) is 0.223. The summed E-state index contributed by atoms with van der Waals surface area (Å²) in [5.74, 6) is 0.427. The van der Waals surface area contributed by atoms with Crippen molar-refractivity contribution in [3.63, 3.8) is 0 Å². The molecule has 6 nitrogen and oxygen atoms in total. The summed E-state index contributed by atoms with van der Waals surface area (Å²) in [4.78, 5) is 11.7. The number of carbonyl (C=O) groups excluding carboxylic acids is 1. The van der Waals surface area contributed by atoms with Crippen molar-refractivity contribution in [3.8, 4) is 0 Å². The highest BCUT2D eigenvalue weighted by Crippen LogP contribution is 1.95. The van der Waals surface area contributed by atoms with Crippen molar-refractivity contribution < 1.29 is 10.0 Å². The van der Waals surface area contributed by atoms with Crippen molar-refractivity contribution in [1.29, 1.82) is 0 Å². The van der Waals surface area contributed by atoms with Gasteiger partial charge in [-0.3, -0.25) is 10.1 Å². The fourth-order valence-electron chi connectivity index (χ4n) is 1.32. The summed E-state index contributed by atoms with van der Waals surface area (Å²) < 4.78 is 0. The van der Waals surface area contributed by atoms with Crippen LogP contribution >= 0.6 is 0 Å². The summed E-state index contributed by atoms with van der Waals surface area (Å²) in [5.41, 5.74) is 5.50. The molecule has 0 aliphatic heterocycles. The van der Waals surface area contributed by atoms with Gasteiger partial charge in [0.15, 0.2) is 5.84 Å². The van der Waals surface area contributed by atoms with Crippen molar-refractivity contribution in [2.45, 2.75) is 46.2 Å². The second-order valence-electron chi connectivity index (χ2n) is 4.51. The van der Waals surface area contributed by atoms with Crippen LogP contribution in [-0.2, 0) is 4.79 Å². The lowest BCUT2D eigenvalue weighted by Crippen LogP contribution is -2.51. The lowest BCUT2D eigenvalue weighted by molar-refractivity contribution is -0.123. The molecule has 0 saturated heterocycles. The summed E-state index contributed by atoms with van der Waals surface area (Å²) in [6.07, 6.45) is 0.650. The minimum atomic E-state index is -0.376. The first-order chi connectivity index (χ1) is 7.92. The Kier molecular flexibility index (Phi) is 7.29. The fourth-order valence-corrected chi connectivity index (χ4v) is 1.32. The molecule has 100 valence electrons. The predicted molar refractivity (Wildman–Crippen MR) is 67.9 cm³/mol. The molecule has 0 aliphatic carbocycles. The maximum absolute atomic E-state index is 11.7. The minimum absolute atomic E-state index is 0.0807. The van der Waals surface area contributed by atoms with Gasteiger partial charge in [-0.25, -0.2) is 0 Å². The van der Waals surface area contributed by atoms with Crippen LogP contribution in [0.25, 0.3) is 0 Å². The molecule has 2 unspecified atom stereocenters. The summed E-state index contributed by atoms with van der Waals surface area (Å²) in [5, 5.41) is 17.4. The van der Waals surface area contributed by atoms with Crippen LogP contribution in [0.1, 0.15) is 34.1 Å². The van der Waals surface area contributed by atoms with E-state index in [9.17, 15) is 4.79 Å². The minimum Gasteiger partial charge on any atom is -0.409 e. The van der Waals surface area contributed by atoms with Crippen molar-refractivity contribution in [2.24, 2.45) is 16.8 Å². The van der Waals surface area contributed by atoms with Crippen LogP contribution in [0.15, 0.2) is 5.16 Å². The highest BCUT2D eigenvalue weighted by atomic mass is 16.4. The number of hydrogen-bond donors (Lipinski definition) is 4. The second-order valence-corrected chi connectivity index (χ2v) is 4.51. The zero-order valence-corrected chi connectivity index (χ0v) is 11.0. The van der Waals surface area contributed by atoms with Gasteiger partial charge in [0.1, 0.15) is 0 Å². The third-order valence-corrected chi connectivity index (χ3v) is 2.41. The highest BCUT2D eigenvalue weighted by molar-refractivity contribution is 5.87. The van der Waals surface area contributed by atoms with Crippen molar-refractivity contribution in [1.82, 2.24) is 10.6 Å². The smallest absolute Gasteiger partial charge is 0.236 e. The number of oxime groups is 1. The summed E-state index contributed by atoms with van der Waals surface area (Å²) in [6, 6.07) is -0.668. The van der Waals surface area contributed by atoms with Gasteiger partial charge in [-0.1, -0.05) is 25.9 Å². The number of nitrogens with zero attached hydrogens (tertiary/aromatic N) is 1. The highest BCUT2D eigenvalue weighted by Gasteiger charge is 2.19. The molecule has 6 heteroatoms. The summed E-state index contributed by atoms with van der Waals surface area (Å²) in [6.45, 7) is 8.36. The first-order valence-electron chi connectivity index (χ1n) is 5.93. The molecule has 0 heterocycles. The zero-order chi connectivity index (χ0) is 13.4. The van der Waals surface area contributed by atoms with Gasteiger partial charge < -0.3 is 16.3 Å². The van der Waals surface area contributed by atoms with Crippen LogP contribution in [0.4, 0.5) is 0 Å². The van der Waals surface area contributed by atoms with E-state index in [-0.39, 0.29) is 23.8 Å².